The minimum atomic E-state index is -0.481. The standard InChI is InChI=1S/C19H22FN3O2S/c1-2-26-17-6-4-3-5-16(17)18(24)23-14-7-9-15(10-8-14)25-19-21-11-13(20)12-22-19/h3-6,11-12,14-15H,2,7-10H2,1H3,(H,23,24). The van der Waals surface area contributed by atoms with E-state index in [0.29, 0.717) is 0 Å². The molecule has 0 atom stereocenters. The van der Waals surface area contributed by atoms with Gasteiger partial charge in [0.15, 0.2) is 5.82 Å². The highest BCUT2D eigenvalue weighted by molar-refractivity contribution is 7.99. The zero-order valence-electron chi connectivity index (χ0n) is 14.7. The van der Waals surface area contributed by atoms with Gasteiger partial charge >= 0.3 is 6.01 Å². The van der Waals surface area contributed by atoms with Crippen LogP contribution in [0.1, 0.15) is 43.0 Å². The van der Waals surface area contributed by atoms with E-state index in [9.17, 15) is 9.18 Å². The van der Waals surface area contributed by atoms with Gasteiger partial charge in [-0.1, -0.05) is 19.1 Å². The zero-order valence-corrected chi connectivity index (χ0v) is 15.5. The molecule has 5 nitrogen and oxygen atoms in total. The smallest absolute Gasteiger partial charge is 0.316 e. The summed E-state index contributed by atoms with van der Waals surface area (Å²) in [6, 6.07) is 8.03. The van der Waals surface area contributed by atoms with E-state index < -0.39 is 5.82 Å². The summed E-state index contributed by atoms with van der Waals surface area (Å²) in [4.78, 5) is 21.3. The van der Waals surface area contributed by atoms with Gasteiger partial charge < -0.3 is 10.1 Å². The predicted octanol–water partition coefficient (Wildman–Crippen LogP) is 3.85. The van der Waals surface area contributed by atoms with E-state index in [4.69, 9.17) is 4.74 Å². The fourth-order valence-electron chi connectivity index (χ4n) is 3.03. The lowest BCUT2D eigenvalue weighted by Gasteiger charge is -2.29. The summed E-state index contributed by atoms with van der Waals surface area (Å²) in [5.41, 5.74) is 0.734. The van der Waals surface area contributed by atoms with Gasteiger partial charge in [-0.15, -0.1) is 11.8 Å². The second-order valence-corrected chi connectivity index (χ2v) is 7.48. The fourth-order valence-corrected chi connectivity index (χ4v) is 3.84. The van der Waals surface area contributed by atoms with Crippen LogP contribution in [-0.4, -0.2) is 33.8 Å². The molecule has 2 aromatic rings. The van der Waals surface area contributed by atoms with Crippen molar-refractivity contribution in [1.82, 2.24) is 15.3 Å². The first-order valence-electron chi connectivity index (χ1n) is 8.82. The van der Waals surface area contributed by atoms with Crippen LogP contribution in [0, 0.1) is 5.82 Å². The largest absolute Gasteiger partial charge is 0.460 e. The maximum atomic E-state index is 12.8. The van der Waals surface area contributed by atoms with Crippen LogP contribution in [0.25, 0.3) is 0 Å². The Morgan fingerprint density at radius 2 is 1.92 bits per heavy atom. The summed E-state index contributed by atoms with van der Waals surface area (Å²) < 4.78 is 18.5. The monoisotopic (exact) mass is 375 g/mol. The van der Waals surface area contributed by atoms with Gasteiger partial charge in [0.1, 0.15) is 6.10 Å². The van der Waals surface area contributed by atoms with Gasteiger partial charge in [0.25, 0.3) is 5.91 Å². The molecule has 0 bridgehead atoms. The van der Waals surface area contributed by atoms with Crippen molar-refractivity contribution in [2.75, 3.05) is 5.75 Å². The van der Waals surface area contributed by atoms with E-state index in [1.54, 1.807) is 11.8 Å². The molecule has 1 aliphatic carbocycles. The van der Waals surface area contributed by atoms with Crippen molar-refractivity contribution in [3.63, 3.8) is 0 Å². The SMILES string of the molecule is CCSc1ccccc1C(=O)NC1CCC(Oc2ncc(F)cn2)CC1. The molecule has 1 heterocycles. The molecule has 1 N–H and O–H groups in total. The van der Waals surface area contributed by atoms with Crippen LogP contribution >= 0.6 is 11.8 Å². The molecule has 0 radical (unpaired) electrons. The van der Waals surface area contributed by atoms with Crippen LogP contribution in [0.3, 0.4) is 0 Å². The molecule has 3 rings (SSSR count). The maximum Gasteiger partial charge on any atom is 0.316 e. The van der Waals surface area contributed by atoms with Gasteiger partial charge in [-0.2, -0.15) is 0 Å². The summed E-state index contributed by atoms with van der Waals surface area (Å²) in [6.07, 6.45) is 5.46. The first-order chi connectivity index (χ1) is 12.7. The number of thioether (sulfide) groups is 1. The number of nitrogens with one attached hydrogen (secondary N) is 1. The highest BCUT2D eigenvalue weighted by Gasteiger charge is 2.25. The van der Waals surface area contributed by atoms with E-state index in [2.05, 4.69) is 22.2 Å². The molecule has 1 aromatic heterocycles. The number of hydrogen-bond acceptors (Lipinski definition) is 5. The molecule has 0 saturated heterocycles. The second kappa shape index (κ2) is 8.98. The third kappa shape index (κ3) is 4.94. The molecule has 1 saturated carbocycles. The molecule has 1 aliphatic rings. The third-order valence-corrected chi connectivity index (χ3v) is 5.27. The van der Waals surface area contributed by atoms with Gasteiger partial charge in [0.2, 0.25) is 0 Å². The number of benzene rings is 1. The van der Waals surface area contributed by atoms with Crippen LogP contribution in [0.4, 0.5) is 4.39 Å². The second-order valence-electron chi connectivity index (χ2n) is 6.18. The quantitative estimate of drug-likeness (QED) is 0.777. The van der Waals surface area contributed by atoms with Gasteiger partial charge in [-0.3, -0.25) is 4.79 Å². The molecule has 7 heteroatoms. The first-order valence-corrected chi connectivity index (χ1v) is 9.81. The number of carbonyl (C=O) groups excluding carboxylic acids is 1. The Balaban J connectivity index is 1.51. The predicted molar refractivity (Wildman–Crippen MR) is 99.0 cm³/mol. The average molecular weight is 375 g/mol. The van der Waals surface area contributed by atoms with Crippen LogP contribution < -0.4 is 10.1 Å². The molecule has 0 aliphatic heterocycles. The van der Waals surface area contributed by atoms with Gasteiger partial charge in [0, 0.05) is 10.9 Å². The van der Waals surface area contributed by atoms with Crippen molar-refractivity contribution in [3.05, 3.63) is 48.0 Å². The van der Waals surface area contributed by atoms with Crippen LogP contribution in [0.2, 0.25) is 0 Å². The fraction of sp³-hybridized carbons (Fsp3) is 0.421. The van der Waals surface area contributed by atoms with Gasteiger partial charge in [-0.05, 0) is 43.6 Å². The molecule has 1 aromatic carbocycles. The topological polar surface area (TPSA) is 64.1 Å². The van der Waals surface area contributed by atoms with E-state index >= 15 is 0 Å². The Labute approximate surface area is 156 Å². The Morgan fingerprint density at radius 3 is 2.62 bits per heavy atom. The average Bonchev–Trinajstić information content (AvgIpc) is 2.66. The lowest BCUT2D eigenvalue weighted by Crippen LogP contribution is -2.40. The van der Waals surface area contributed by atoms with Crippen molar-refractivity contribution in [2.24, 2.45) is 0 Å². The van der Waals surface area contributed by atoms with Crippen LogP contribution in [0.15, 0.2) is 41.6 Å². The lowest BCUT2D eigenvalue weighted by molar-refractivity contribution is 0.0882. The minimum absolute atomic E-state index is 0.00320. The summed E-state index contributed by atoms with van der Waals surface area (Å²) in [5.74, 6) is 0.427. The van der Waals surface area contributed by atoms with E-state index in [0.717, 1.165) is 54.3 Å². The normalized spacial score (nSPS) is 19.8. The summed E-state index contributed by atoms with van der Waals surface area (Å²) in [5, 5.41) is 3.14. The third-order valence-electron chi connectivity index (χ3n) is 4.31. The van der Waals surface area contributed by atoms with Crippen molar-refractivity contribution in [1.29, 1.82) is 0 Å². The lowest BCUT2D eigenvalue weighted by atomic mass is 9.92. The molecular formula is C19H22FN3O2S. The number of rotatable bonds is 6. The maximum absolute atomic E-state index is 12.8. The number of halogens is 1. The first kappa shape index (κ1) is 18.6. The molecule has 0 spiro atoms. The van der Waals surface area contributed by atoms with Crippen LogP contribution in [-0.2, 0) is 0 Å². The van der Waals surface area contributed by atoms with Crippen molar-refractivity contribution in [2.45, 2.75) is 49.6 Å². The number of ether oxygens (including phenoxy) is 1. The molecule has 0 unspecified atom stereocenters. The summed E-state index contributed by atoms with van der Waals surface area (Å²) in [7, 11) is 0. The van der Waals surface area contributed by atoms with E-state index in [1.165, 1.54) is 0 Å². The highest BCUT2D eigenvalue weighted by atomic mass is 32.2. The van der Waals surface area contributed by atoms with Crippen LogP contribution in [0.5, 0.6) is 6.01 Å². The van der Waals surface area contributed by atoms with Crippen molar-refractivity contribution >= 4 is 17.7 Å². The highest BCUT2D eigenvalue weighted by Crippen LogP contribution is 2.25. The van der Waals surface area contributed by atoms with E-state index in [-0.39, 0.29) is 24.1 Å². The molecule has 138 valence electrons. The number of carbonyl (C=O) groups is 1. The van der Waals surface area contributed by atoms with Gasteiger partial charge in [0.05, 0.1) is 18.0 Å². The zero-order chi connectivity index (χ0) is 18.4. The number of nitrogens with zero attached hydrogens (tertiary/aromatic N) is 2. The molecule has 1 fully saturated rings. The Bertz CT molecular complexity index is 734. The minimum Gasteiger partial charge on any atom is -0.460 e. The van der Waals surface area contributed by atoms with Crippen molar-refractivity contribution in [3.8, 4) is 6.01 Å². The van der Waals surface area contributed by atoms with Crippen molar-refractivity contribution < 1.29 is 13.9 Å². The molecule has 1 amide bonds. The summed E-state index contributed by atoms with van der Waals surface area (Å²) >= 11 is 1.67. The Hall–Kier alpha value is -2.15. The number of amides is 1. The molecular weight excluding hydrogens is 353 g/mol. The summed E-state index contributed by atoms with van der Waals surface area (Å²) in [6.45, 7) is 2.07. The Kier molecular flexibility index (Phi) is 6.44. The number of hydrogen-bond donors (Lipinski definition) is 1. The number of aromatic nitrogens is 2. The van der Waals surface area contributed by atoms with E-state index in [1.807, 2.05) is 24.3 Å². The van der Waals surface area contributed by atoms with Gasteiger partial charge in [-0.25, -0.2) is 14.4 Å². The Morgan fingerprint density at radius 1 is 1.23 bits per heavy atom. The molecule has 26 heavy (non-hydrogen) atoms.